The van der Waals surface area contributed by atoms with Crippen molar-refractivity contribution in [2.24, 2.45) is 0 Å². The molecule has 0 bridgehead atoms. The Morgan fingerprint density at radius 2 is 1.77 bits per heavy atom. The van der Waals surface area contributed by atoms with Crippen LogP contribution in [0.25, 0.3) is 0 Å². The fourth-order valence-corrected chi connectivity index (χ4v) is 2.99. The molecule has 3 rings (SSSR count). The Bertz CT molecular complexity index is 901. The van der Waals surface area contributed by atoms with Gasteiger partial charge in [0.15, 0.2) is 0 Å². The minimum absolute atomic E-state index is 0.121. The van der Waals surface area contributed by atoms with Crippen molar-refractivity contribution in [3.63, 3.8) is 0 Å². The molecule has 0 saturated heterocycles. The third-order valence-electron chi connectivity index (χ3n) is 4.59. The van der Waals surface area contributed by atoms with Gasteiger partial charge in [-0.15, -0.1) is 0 Å². The van der Waals surface area contributed by atoms with Gasteiger partial charge in [-0.25, -0.2) is 4.79 Å². The number of phenolic OH excluding ortho intramolecular Hbond substituents is 1. The van der Waals surface area contributed by atoms with Crippen LogP contribution >= 0.6 is 0 Å². The number of urea groups is 1. The number of benzene rings is 2. The molecule has 1 unspecified atom stereocenters. The fourth-order valence-electron chi connectivity index (χ4n) is 2.99. The van der Waals surface area contributed by atoms with Gasteiger partial charge in [-0.1, -0.05) is 24.3 Å². The maximum Gasteiger partial charge on any atom is 0.319 e. The maximum atomic E-state index is 13.0. The van der Waals surface area contributed by atoms with Crippen molar-refractivity contribution in [3.8, 4) is 5.75 Å². The Morgan fingerprint density at radius 3 is 2.46 bits per heavy atom. The second kappa shape index (κ2) is 6.92. The van der Waals surface area contributed by atoms with E-state index in [0.717, 1.165) is 16.8 Å². The minimum atomic E-state index is -0.602. The van der Waals surface area contributed by atoms with E-state index in [1.54, 1.807) is 19.1 Å². The number of anilines is 1. The summed E-state index contributed by atoms with van der Waals surface area (Å²) in [5.41, 5.74) is 4.44. The summed E-state index contributed by atoms with van der Waals surface area (Å²) < 4.78 is 0. The molecule has 1 aliphatic rings. The average molecular weight is 351 g/mol. The molecule has 4 N–H and O–H groups in total. The van der Waals surface area contributed by atoms with Gasteiger partial charge in [-0.05, 0) is 55.7 Å². The van der Waals surface area contributed by atoms with E-state index in [1.807, 2.05) is 32.0 Å². The van der Waals surface area contributed by atoms with Crippen LogP contribution in [0.4, 0.5) is 10.5 Å². The summed E-state index contributed by atoms with van der Waals surface area (Å²) in [6.07, 6.45) is 0. The van der Waals surface area contributed by atoms with Crippen LogP contribution < -0.4 is 16.0 Å². The molecule has 0 saturated carbocycles. The number of nitrogens with one attached hydrogen (secondary N) is 3. The summed E-state index contributed by atoms with van der Waals surface area (Å²) in [4.78, 5) is 24.9. The van der Waals surface area contributed by atoms with Crippen LogP contribution in [0.15, 0.2) is 53.7 Å². The first kappa shape index (κ1) is 17.5. The van der Waals surface area contributed by atoms with Crippen molar-refractivity contribution in [2.75, 3.05) is 5.32 Å². The number of amides is 3. The zero-order valence-electron chi connectivity index (χ0n) is 14.9. The monoisotopic (exact) mass is 351 g/mol. The lowest BCUT2D eigenvalue weighted by atomic mass is 9.94. The number of hydrogen-bond donors (Lipinski definition) is 4. The summed E-state index contributed by atoms with van der Waals surface area (Å²) in [5.74, 6) is -0.169. The molecule has 2 aromatic rings. The summed E-state index contributed by atoms with van der Waals surface area (Å²) in [6.45, 7) is 5.63. The van der Waals surface area contributed by atoms with Gasteiger partial charge in [0.25, 0.3) is 5.91 Å². The predicted molar refractivity (Wildman–Crippen MR) is 99.8 cm³/mol. The largest absolute Gasteiger partial charge is 0.508 e. The molecule has 0 fully saturated rings. The van der Waals surface area contributed by atoms with Crippen LogP contribution in [0.2, 0.25) is 0 Å². The molecule has 6 heteroatoms. The van der Waals surface area contributed by atoms with Crippen molar-refractivity contribution in [1.29, 1.82) is 0 Å². The van der Waals surface area contributed by atoms with Gasteiger partial charge in [0, 0.05) is 11.4 Å². The third kappa shape index (κ3) is 3.39. The summed E-state index contributed by atoms with van der Waals surface area (Å²) in [5, 5.41) is 17.9. The molecule has 0 aliphatic carbocycles. The second-order valence-corrected chi connectivity index (χ2v) is 6.36. The quantitative estimate of drug-likeness (QED) is 0.684. The second-order valence-electron chi connectivity index (χ2n) is 6.36. The molecule has 134 valence electrons. The third-order valence-corrected chi connectivity index (χ3v) is 4.59. The number of hydrogen-bond acceptors (Lipinski definition) is 3. The van der Waals surface area contributed by atoms with Crippen molar-refractivity contribution in [1.82, 2.24) is 10.6 Å². The molecule has 3 amide bonds. The lowest BCUT2D eigenvalue weighted by molar-refractivity contribution is -0.113. The molecule has 1 heterocycles. The molecule has 6 nitrogen and oxygen atoms in total. The smallest absolute Gasteiger partial charge is 0.319 e. The molecule has 1 atom stereocenters. The lowest BCUT2D eigenvalue weighted by Gasteiger charge is -2.29. The van der Waals surface area contributed by atoms with E-state index in [2.05, 4.69) is 16.0 Å². The Morgan fingerprint density at radius 1 is 1.08 bits per heavy atom. The van der Waals surface area contributed by atoms with Crippen LogP contribution in [-0.2, 0) is 4.79 Å². The van der Waals surface area contributed by atoms with Gasteiger partial charge in [0.05, 0.1) is 11.6 Å². The highest BCUT2D eigenvalue weighted by Crippen LogP contribution is 2.29. The summed E-state index contributed by atoms with van der Waals surface area (Å²) in [7, 11) is 0. The average Bonchev–Trinajstić information content (AvgIpc) is 2.59. The Kier molecular flexibility index (Phi) is 4.67. The van der Waals surface area contributed by atoms with Crippen molar-refractivity contribution in [3.05, 3.63) is 70.4 Å². The topological polar surface area (TPSA) is 90.5 Å². The standard InChI is InChI=1S/C20H21N3O3/c1-11-5-4-6-16(12(11)2)22-19(25)17-13(3)21-20(26)23-18(17)14-7-9-15(24)10-8-14/h4-10,18,24H,1-3H3,(H,22,25)(H2,21,23,26). The molecule has 0 aromatic heterocycles. The number of phenols is 1. The normalized spacial score (nSPS) is 16.7. The van der Waals surface area contributed by atoms with E-state index in [0.29, 0.717) is 16.8 Å². The Balaban J connectivity index is 1.96. The van der Waals surface area contributed by atoms with Gasteiger partial charge in [-0.3, -0.25) is 4.79 Å². The Labute approximate surface area is 151 Å². The lowest BCUT2D eigenvalue weighted by Crippen LogP contribution is -2.46. The number of aromatic hydroxyl groups is 1. The molecular formula is C20H21N3O3. The number of carbonyl (C=O) groups is 2. The zero-order chi connectivity index (χ0) is 18.8. The van der Waals surface area contributed by atoms with Crippen LogP contribution in [-0.4, -0.2) is 17.0 Å². The van der Waals surface area contributed by atoms with Crippen LogP contribution in [0.1, 0.15) is 29.7 Å². The van der Waals surface area contributed by atoms with E-state index >= 15 is 0 Å². The van der Waals surface area contributed by atoms with Crippen molar-refractivity contribution in [2.45, 2.75) is 26.8 Å². The fraction of sp³-hybridized carbons (Fsp3) is 0.200. The first-order valence-corrected chi connectivity index (χ1v) is 8.31. The number of rotatable bonds is 3. The van der Waals surface area contributed by atoms with Crippen molar-refractivity contribution < 1.29 is 14.7 Å². The number of allylic oxidation sites excluding steroid dienone is 1. The van der Waals surface area contributed by atoms with Crippen LogP contribution in [0.3, 0.4) is 0 Å². The maximum absolute atomic E-state index is 13.0. The highest BCUT2D eigenvalue weighted by molar-refractivity contribution is 6.07. The molecule has 2 aromatic carbocycles. The van der Waals surface area contributed by atoms with Gasteiger partial charge < -0.3 is 21.1 Å². The zero-order valence-corrected chi connectivity index (χ0v) is 14.9. The van der Waals surface area contributed by atoms with E-state index in [4.69, 9.17) is 0 Å². The minimum Gasteiger partial charge on any atom is -0.508 e. The molecule has 0 radical (unpaired) electrons. The molecule has 1 aliphatic heterocycles. The van der Waals surface area contributed by atoms with E-state index in [9.17, 15) is 14.7 Å². The van der Waals surface area contributed by atoms with Gasteiger partial charge >= 0.3 is 6.03 Å². The molecule has 0 spiro atoms. The first-order chi connectivity index (χ1) is 12.4. The SMILES string of the molecule is CC1=C(C(=O)Nc2cccc(C)c2C)C(c2ccc(O)cc2)NC(=O)N1. The van der Waals surface area contributed by atoms with Gasteiger partial charge in [0.2, 0.25) is 0 Å². The molecule has 26 heavy (non-hydrogen) atoms. The van der Waals surface area contributed by atoms with Gasteiger partial charge in [-0.2, -0.15) is 0 Å². The summed E-state index contributed by atoms with van der Waals surface area (Å²) >= 11 is 0. The van der Waals surface area contributed by atoms with E-state index in [-0.39, 0.29) is 17.7 Å². The first-order valence-electron chi connectivity index (χ1n) is 8.31. The number of carbonyl (C=O) groups excluding carboxylic acids is 2. The highest BCUT2D eigenvalue weighted by atomic mass is 16.3. The van der Waals surface area contributed by atoms with E-state index in [1.165, 1.54) is 12.1 Å². The molecular weight excluding hydrogens is 330 g/mol. The van der Waals surface area contributed by atoms with Crippen LogP contribution in [0.5, 0.6) is 5.75 Å². The van der Waals surface area contributed by atoms with Crippen molar-refractivity contribution >= 4 is 17.6 Å². The number of aryl methyl sites for hydroxylation is 1. The van der Waals surface area contributed by atoms with Crippen LogP contribution in [0, 0.1) is 13.8 Å². The predicted octanol–water partition coefficient (Wildman–Crippen LogP) is 3.28. The summed E-state index contributed by atoms with van der Waals surface area (Å²) in [6, 6.07) is 11.2. The Hall–Kier alpha value is -3.28. The van der Waals surface area contributed by atoms with Gasteiger partial charge in [0.1, 0.15) is 5.75 Å². The highest BCUT2D eigenvalue weighted by Gasteiger charge is 2.31. The van der Waals surface area contributed by atoms with E-state index < -0.39 is 6.04 Å².